The van der Waals surface area contributed by atoms with E-state index in [9.17, 15) is 4.79 Å². The van der Waals surface area contributed by atoms with Crippen LogP contribution in [-0.2, 0) is 11.2 Å². The smallest absolute Gasteiger partial charge is 0.243 e. The number of amides is 1. The zero-order valence-corrected chi connectivity index (χ0v) is 13.4. The minimum absolute atomic E-state index is 0.0246. The van der Waals surface area contributed by atoms with Crippen molar-refractivity contribution in [3.63, 3.8) is 0 Å². The van der Waals surface area contributed by atoms with Crippen molar-refractivity contribution in [2.75, 3.05) is 18.9 Å². The van der Waals surface area contributed by atoms with Gasteiger partial charge in [0.25, 0.3) is 0 Å². The van der Waals surface area contributed by atoms with Crippen molar-refractivity contribution in [3.8, 4) is 0 Å². The van der Waals surface area contributed by atoms with Gasteiger partial charge in [-0.05, 0) is 27.3 Å². The first-order chi connectivity index (χ1) is 9.58. The van der Waals surface area contributed by atoms with Crippen molar-refractivity contribution in [3.05, 3.63) is 27.7 Å². The Labute approximate surface area is 126 Å². The highest BCUT2D eigenvalue weighted by Gasteiger charge is 2.19. The molecule has 0 aliphatic carbocycles. The van der Waals surface area contributed by atoms with Crippen LogP contribution in [0.2, 0.25) is 0 Å². The van der Waals surface area contributed by atoms with Gasteiger partial charge in [-0.2, -0.15) is 0 Å². The Morgan fingerprint density at radius 2 is 2.25 bits per heavy atom. The van der Waals surface area contributed by atoms with Crippen LogP contribution in [0.4, 0.5) is 5.13 Å². The second-order valence-corrected chi connectivity index (χ2v) is 6.43. The van der Waals surface area contributed by atoms with Gasteiger partial charge in [-0.25, -0.2) is 9.97 Å². The predicted molar refractivity (Wildman–Crippen MR) is 83.4 cm³/mol. The van der Waals surface area contributed by atoms with E-state index in [4.69, 9.17) is 0 Å². The zero-order valence-electron chi connectivity index (χ0n) is 11.8. The Morgan fingerprint density at radius 3 is 2.85 bits per heavy atom. The molecule has 0 saturated carbocycles. The molecule has 2 aromatic rings. The Hall–Kier alpha value is -1.31. The molecule has 2 aromatic heterocycles. The topological polar surface area (TPSA) is 58.1 Å². The minimum Gasteiger partial charge on any atom is -0.301 e. The standard InChI is InChI=1S/C13H18N4OS2/c1-9-11(20-8-15-9)4-6-17(3)10(2)12(18)16-13-14-5-7-19-13/h5,7-8,10H,4,6H2,1-3H3,(H,14,16,18)/t10-/m0/s1. The second kappa shape index (κ2) is 6.92. The van der Waals surface area contributed by atoms with Gasteiger partial charge in [-0.15, -0.1) is 22.7 Å². The number of thiazole rings is 2. The molecule has 0 fully saturated rings. The van der Waals surface area contributed by atoms with Crippen molar-refractivity contribution in [2.45, 2.75) is 26.3 Å². The molecular weight excluding hydrogens is 292 g/mol. The van der Waals surface area contributed by atoms with E-state index in [0.29, 0.717) is 5.13 Å². The van der Waals surface area contributed by atoms with Crippen LogP contribution in [0.15, 0.2) is 17.1 Å². The molecule has 0 saturated heterocycles. The lowest BCUT2D eigenvalue weighted by molar-refractivity contribution is -0.120. The molecule has 0 bridgehead atoms. The first kappa shape index (κ1) is 15.1. The zero-order chi connectivity index (χ0) is 14.5. The molecule has 2 heterocycles. The summed E-state index contributed by atoms with van der Waals surface area (Å²) in [6.45, 7) is 4.75. The van der Waals surface area contributed by atoms with Gasteiger partial charge in [0.05, 0.1) is 17.2 Å². The largest absolute Gasteiger partial charge is 0.301 e. The lowest BCUT2D eigenvalue weighted by Crippen LogP contribution is -2.40. The summed E-state index contributed by atoms with van der Waals surface area (Å²) in [5.41, 5.74) is 2.95. The van der Waals surface area contributed by atoms with E-state index in [1.807, 2.05) is 36.7 Å². The Bertz CT molecular complexity index is 552. The summed E-state index contributed by atoms with van der Waals surface area (Å²) in [5, 5.41) is 5.31. The molecule has 108 valence electrons. The summed E-state index contributed by atoms with van der Waals surface area (Å²) in [5.74, 6) is -0.0246. The van der Waals surface area contributed by atoms with Crippen LogP contribution in [0.1, 0.15) is 17.5 Å². The number of hydrogen-bond donors (Lipinski definition) is 1. The molecule has 0 spiro atoms. The number of rotatable bonds is 6. The molecule has 0 aliphatic rings. The average molecular weight is 310 g/mol. The number of aryl methyl sites for hydroxylation is 1. The number of carbonyl (C=O) groups excluding carboxylic acids is 1. The number of likely N-dealkylation sites (N-methyl/N-ethyl adjacent to an activating group) is 1. The summed E-state index contributed by atoms with van der Waals surface area (Å²) < 4.78 is 0. The molecular formula is C13H18N4OS2. The van der Waals surface area contributed by atoms with Gasteiger partial charge in [0, 0.05) is 23.0 Å². The fourth-order valence-electron chi connectivity index (χ4n) is 1.73. The van der Waals surface area contributed by atoms with E-state index < -0.39 is 0 Å². The normalized spacial score (nSPS) is 12.6. The summed E-state index contributed by atoms with van der Waals surface area (Å²) in [6.07, 6.45) is 2.60. The van der Waals surface area contributed by atoms with Crippen molar-refractivity contribution >= 4 is 33.7 Å². The fraction of sp³-hybridized carbons (Fsp3) is 0.462. The van der Waals surface area contributed by atoms with E-state index in [1.165, 1.54) is 16.2 Å². The lowest BCUT2D eigenvalue weighted by atomic mass is 10.2. The van der Waals surface area contributed by atoms with Crippen LogP contribution in [0.3, 0.4) is 0 Å². The summed E-state index contributed by atoms with van der Waals surface area (Å²) in [7, 11) is 1.96. The van der Waals surface area contributed by atoms with Gasteiger partial charge < -0.3 is 5.32 Å². The monoisotopic (exact) mass is 310 g/mol. The molecule has 0 radical (unpaired) electrons. The summed E-state index contributed by atoms with van der Waals surface area (Å²) in [4.78, 5) is 23.7. The maximum atomic E-state index is 12.1. The van der Waals surface area contributed by atoms with Gasteiger partial charge in [0.2, 0.25) is 5.91 Å². The highest BCUT2D eigenvalue weighted by atomic mass is 32.1. The maximum Gasteiger partial charge on any atom is 0.243 e. The van der Waals surface area contributed by atoms with Crippen LogP contribution < -0.4 is 5.32 Å². The van der Waals surface area contributed by atoms with Crippen molar-refractivity contribution in [1.29, 1.82) is 0 Å². The number of anilines is 1. The van der Waals surface area contributed by atoms with Crippen LogP contribution in [0, 0.1) is 6.92 Å². The third-order valence-corrected chi connectivity index (χ3v) is 4.92. The van der Waals surface area contributed by atoms with Crippen LogP contribution in [0.25, 0.3) is 0 Å². The molecule has 7 heteroatoms. The summed E-state index contributed by atoms with van der Waals surface area (Å²) in [6, 6.07) is -0.188. The molecule has 0 aliphatic heterocycles. The highest BCUT2D eigenvalue weighted by Crippen LogP contribution is 2.14. The third kappa shape index (κ3) is 3.84. The van der Waals surface area contributed by atoms with Gasteiger partial charge in [0.1, 0.15) is 0 Å². The van der Waals surface area contributed by atoms with Crippen LogP contribution in [0.5, 0.6) is 0 Å². The summed E-state index contributed by atoms with van der Waals surface area (Å²) >= 11 is 3.09. The van der Waals surface area contributed by atoms with Crippen molar-refractivity contribution in [2.24, 2.45) is 0 Å². The molecule has 0 aromatic carbocycles. The Kier molecular flexibility index (Phi) is 5.22. The van der Waals surface area contributed by atoms with Crippen molar-refractivity contribution < 1.29 is 4.79 Å². The quantitative estimate of drug-likeness (QED) is 0.890. The number of carbonyl (C=O) groups is 1. The highest BCUT2D eigenvalue weighted by molar-refractivity contribution is 7.13. The number of aromatic nitrogens is 2. The van der Waals surface area contributed by atoms with E-state index in [0.717, 1.165) is 18.7 Å². The van der Waals surface area contributed by atoms with Crippen molar-refractivity contribution in [1.82, 2.24) is 14.9 Å². The molecule has 1 N–H and O–H groups in total. The lowest BCUT2D eigenvalue weighted by Gasteiger charge is -2.23. The van der Waals surface area contributed by atoms with E-state index in [1.54, 1.807) is 17.5 Å². The molecule has 20 heavy (non-hydrogen) atoms. The second-order valence-electron chi connectivity index (χ2n) is 4.59. The number of nitrogens with one attached hydrogen (secondary N) is 1. The molecule has 1 atom stereocenters. The van der Waals surface area contributed by atoms with Crippen LogP contribution >= 0.6 is 22.7 Å². The Balaban J connectivity index is 1.83. The van der Waals surface area contributed by atoms with Crippen LogP contribution in [-0.4, -0.2) is 40.4 Å². The van der Waals surface area contributed by atoms with Gasteiger partial charge >= 0.3 is 0 Å². The van der Waals surface area contributed by atoms with E-state index >= 15 is 0 Å². The predicted octanol–water partition coefficient (Wildman–Crippen LogP) is 2.41. The van der Waals surface area contributed by atoms with Gasteiger partial charge in [-0.1, -0.05) is 0 Å². The van der Waals surface area contributed by atoms with E-state index in [2.05, 4.69) is 15.3 Å². The fourth-order valence-corrected chi connectivity index (χ4v) is 3.04. The average Bonchev–Trinajstić information content (AvgIpc) is 3.07. The minimum atomic E-state index is -0.188. The molecule has 5 nitrogen and oxygen atoms in total. The molecule has 0 unspecified atom stereocenters. The molecule has 1 amide bonds. The Morgan fingerprint density at radius 1 is 1.45 bits per heavy atom. The maximum absolute atomic E-state index is 12.1. The molecule has 2 rings (SSSR count). The van der Waals surface area contributed by atoms with Gasteiger partial charge in [-0.3, -0.25) is 9.69 Å². The SMILES string of the molecule is Cc1ncsc1CCN(C)[C@@H](C)C(=O)Nc1nccs1. The first-order valence-corrected chi connectivity index (χ1v) is 8.13. The third-order valence-electron chi connectivity index (χ3n) is 3.24. The first-order valence-electron chi connectivity index (χ1n) is 6.37. The van der Waals surface area contributed by atoms with E-state index in [-0.39, 0.29) is 11.9 Å². The number of hydrogen-bond acceptors (Lipinski definition) is 6. The number of nitrogens with zero attached hydrogens (tertiary/aromatic N) is 3. The van der Waals surface area contributed by atoms with Gasteiger partial charge in [0.15, 0.2) is 5.13 Å².